The Morgan fingerprint density at radius 3 is 2.55 bits per heavy atom. The minimum absolute atomic E-state index is 0.159. The Kier molecular flexibility index (Phi) is 8.80. The van der Waals surface area contributed by atoms with E-state index in [-0.39, 0.29) is 33.8 Å². The average Bonchev–Trinajstić information content (AvgIpc) is 3.77. The van der Waals surface area contributed by atoms with Crippen molar-refractivity contribution >= 4 is 23.2 Å². The maximum atomic E-state index is 13.9. The number of hydrogen-bond acceptors (Lipinski definition) is 9. The summed E-state index contributed by atoms with van der Waals surface area (Å²) in [5, 5.41) is 21.0. The van der Waals surface area contributed by atoms with E-state index in [9.17, 15) is 27.6 Å². The zero-order valence-electron chi connectivity index (χ0n) is 26.7. The Bertz CT molecular complexity index is 2380. The van der Waals surface area contributed by atoms with Crippen LogP contribution < -0.4 is 16.4 Å². The third kappa shape index (κ3) is 6.92. The largest absolute Gasteiger partial charge is 0.436 e. The van der Waals surface area contributed by atoms with E-state index in [1.165, 1.54) is 52.1 Å². The number of alkyl halides is 3. The van der Waals surface area contributed by atoms with E-state index in [1.807, 2.05) is 6.92 Å². The Balaban J connectivity index is 1.29. The lowest BCUT2D eigenvalue weighted by Gasteiger charge is -2.20. The second-order valence-corrected chi connectivity index (χ2v) is 12.5. The first-order chi connectivity index (χ1) is 24.4. The number of fused-ring (bicyclic) bond motifs is 4. The van der Waals surface area contributed by atoms with Crippen molar-refractivity contribution in [1.82, 2.24) is 49.5 Å². The van der Waals surface area contributed by atoms with Gasteiger partial charge in [-0.25, -0.2) is 19.4 Å². The summed E-state index contributed by atoms with van der Waals surface area (Å²) in [5.41, 5.74) is 0.896. The number of rotatable bonds is 4. The number of nitrogens with zero attached hydrogens (tertiary/aromatic N) is 9. The van der Waals surface area contributed by atoms with Crippen LogP contribution in [0.3, 0.4) is 0 Å². The molecule has 1 aromatic carbocycles. The lowest BCUT2D eigenvalue weighted by Crippen LogP contribution is -2.26. The van der Waals surface area contributed by atoms with Crippen LogP contribution >= 0.6 is 11.6 Å². The lowest BCUT2D eigenvalue weighted by molar-refractivity contribution is -0.141. The fraction of sp³-hybridized carbons (Fsp3) is 0.242. The summed E-state index contributed by atoms with van der Waals surface area (Å²) in [7, 11) is 0. The first-order valence-electron chi connectivity index (χ1n) is 15.7. The van der Waals surface area contributed by atoms with Crippen molar-refractivity contribution in [2.75, 3.05) is 5.32 Å². The number of benzene rings is 1. The number of carbonyl (C=O) groups is 1. The van der Waals surface area contributed by atoms with Gasteiger partial charge in [-0.05, 0) is 43.2 Å². The smallest absolute Gasteiger partial charge is 0.323 e. The molecule has 0 unspecified atom stereocenters. The molecule has 7 rings (SSSR count). The molecular weight excluding hydrogens is 691 g/mol. The molecule has 14 nitrogen and oxygen atoms in total. The Hall–Kier alpha value is -5.97. The Labute approximate surface area is 291 Å². The fourth-order valence-electron chi connectivity index (χ4n) is 5.90. The molecule has 2 N–H and O–H groups in total. The Morgan fingerprint density at radius 1 is 0.961 bits per heavy atom. The van der Waals surface area contributed by atoms with E-state index < -0.39 is 29.0 Å². The lowest BCUT2D eigenvalue weighted by atomic mass is 9.99. The normalized spacial score (nSPS) is 16.8. The number of anilines is 1. The van der Waals surface area contributed by atoms with Crippen LogP contribution in [0.15, 0.2) is 83.2 Å². The molecule has 6 heterocycles. The predicted octanol–water partition coefficient (Wildman–Crippen LogP) is 5.23. The highest BCUT2D eigenvalue weighted by molar-refractivity contribution is 6.31. The summed E-state index contributed by atoms with van der Waals surface area (Å²) >= 11 is 6.26. The van der Waals surface area contributed by atoms with Crippen LogP contribution in [-0.2, 0) is 11.0 Å². The third-order valence-corrected chi connectivity index (χ3v) is 8.77. The van der Waals surface area contributed by atoms with E-state index in [0.717, 1.165) is 10.9 Å². The Morgan fingerprint density at radius 2 is 1.78 bits per heavy atom. The molecule has 51 heavy (non-hydrogen) atoms. The maximum Gasteiger partial charge on any atom is 0.436 e. The van der Waals surface area contributed by atoms with E-state index in [0.29, 0.717) is 54.0 Å². The van der Waals surface area contributed by atoms with Crippen molar-refractivity contribution in [3.05, 3.63) is 111 Å². The van der Waals surface area contributed by atoms with Crippen molar-refractivity contribution < 1.29 is 18.0 Å². The SMILES string of the molecule is C[C@@H]1CCCC[C@H](n2cnc(-c3cc(Cl)ccc3-n3cc(C(F)(F)F)nn3)cc2=O)c2cc(ccn2)-c2nn(-c3cn[nH]c(=O)c3)cc2NC1=O. The standard InChI is InChI=1S/C33H27ClF3N11O3/c1-18-4-2-3-5-27(24-10-19(8-9-38-24)31-25(41-32(18)51)15-47(44-31)21-12-29(49)43-40-14-21)46-17-39-23(13-30(46)50)22-11-20(34)6-7-26(22)48-16-28(42-45-48)33(35,36)37/h6-18,27H,2-5H2,1H3,(H,41,51)(H,43,49)/t18-,27+/m1/s1. The summed E-state index contributed by atoms with van der Waals surface area (Å²) in [6.07, 6.45) is 4.42. The van der Waals surface area contributed by atoms with Crippen LogP contribution in [0.25, 0.3) is 33.9 Å². The fourth-order valence-corrected chi connectivity index (χ4v) is 6.07. The molecule has 0 saturated carbocycles. The van der Waals surface area contributed by atoms with Gasteiger partial charge >= 0.3 is 6.18 Å². The zero-order valence-corrected chi connectivity index (χ0v) is 27.4. The molecule has 0 aliphatic carbocycles. The van der Waals surface area contributed by atoms with Crippen molar-refractivity contribution in [1.29, 1.82) is 0 Å². The highest BCUT2D eigenvalue weighted by Crippen LogP contribution is 2.34. The molecule has 5 aromatic heterocycles. The van der Waals surface area contributed by atoms with Gasteiger partial charge in [0.2, 0.25) is 5.91 Å². The molecule has 0 spiro atoms. The second kappa shape index (κ2) is 13.4. The second-order valence-electron chi connectivity index (χ2n) is 12.0. The van der Waals surface area contributed by atoms with Crippen molar-refractivity contribution in [3.63, 3.8) is 0 Å². The quantitative estimate of drug-likeness (QED) is 0.248. The number of nitrogens with one attached hydrogen (secondary N) is 2. The summed E-state index contributed by atoms with van der Waals surface area (Å²) in [6, 6.07) is 9.96. The molecule has 6 aromatic rings. The summed E-state index contributed by atoms with van der Waals surface area (Å²) in [4.78, 5) is 48.2. The van der Waals surface area contributed by atoms with E-state index in [2.05, 4.69) is 40.9 Å². The molecule has 1 aliphatic heterocycles. The van der Waals surface area contributed by atoms with Crippen molar-refractivity contribution in [2.45, 2.75) is 44.8 Å². The van der Waals surface area contributed by atoms with Crippen LogP contribution in [0.5, 0.6) is 0 Å². The van der Waals surface area contributed by atoms with Crippen LogP contribution in [0.2, 0.25) is 5.02 Å². The molecule has 260 valence electrons. The highest BCUT2D eigenvalue weighted by atomic mass is 35.5. The average molecular weight is 718 g/mol. The number of carbonyl (C=O) groups excluding carboxylic acids is 1. The van der Waals surface area contributed by atoms with Gasteiger partial charge in [0.25, 0.3) is 11.1 Å². The van der Waals surface area contributed by atoms with Crippen LogP contribution in [0.1, 0.15) is 50.0 Å². The highest BCUT2D eigenvalue weighted by Gasteiger charge is 2.35. The van der Waals surface area contributed by atoms with Crippen molar-refractivity contribution in [3.8, 4) is 33.9 Å². The van der Waals surface area contributed by atoms with Gasteiger partial charge < -0.3 is 5.32 Å². The van der Waals surface area contributed by atoms with Crippen LogP contribution in [0, 0.1) is 5.92 Å². The number of aromatic amines is 1. The van der Waals surface area contributed by atoms with E-state index >= 15 is 0 Å². The number of pyridine rings is 1. The number of H-pyrrole nitrogens is 1. The minimum atomic E-state index is -4.70. The van der Waals surface area contributed by atoms with Gasteiger partial charge in [0, 0.05) is 40.4 Å². The molecule has 2 atom stereocenters. The van der Waals surface area contributed by atoms with Gasteiger partial charge in [0.15, 0.2) is 5.69 Å². The zero-order chi connectivity index (χ0) is 35.9. The van der Waals surface area contributed by atoms with Gasteiger partial charge in [-0.1, -0.05) is 36.6 Å². The molecule has 1 amide bonds. The van der Waals surface area contributed by atoms with Gasteiger partial charge in [-0.2, -0.15) is 23.4 Å². The number of hydrogen-bond donors (Lipinski definition) is 2. The minimum Gasteiger partial charge on any atom is -0.323 e. The molecule has 18 heteroatoms. The van der Waals surface area contributed by atoms with Gasteiger partial charge in [0.1, 0.15) is 5.69 Å². The molecule has 0 radical (unpaired) electrons. The number of halogens is 4. The topological polar surface area (TPSA) is 171 Å². The molecule has 0 fully saturated rings. The van der Waals surface area contributed by atoms with Gasteiger partial charge in [-0.15, -0.1) is 5.10 Å². The first kappa shape index (κ1) is 33.5. The number of aromatic nitrogens is 10. The van der Waals surface area contributed by atoms with Crippen LogP contribution in [-0.4, -0.2) is 55.4 Å². The van der Waals surface area contributed by atoms with E-state index in [4.69, 9.17) is 11.6 Å². The van der Waals surface area contributed by atoms with Gasteiger partial charge in [0.05, 0.1) is 59.4 Å². The molecule has 0 saturated heterocycles. The first-order valence-corrected chi connectivity index (χ1v) is 16.1. The maximum absolute atomic E-state index is 13.9. The molecule has 1 aliphatic rings. The van der Waals surface area contributed by atoms with Crippen molar-refractivity contribution in [2.24, 2.45) is 5.92 Å². The monoisotopic (exact) mass is 717 g/mol. The molecular formula is C33H27ClF3N11O3. The van der Waals surface area contributed by atoms with E-state index in [1.54, 1.807) is 24.5 Å². The summed E-state index contributed by atoms with van der Waals surface area (Å²) in [6.45, 7) is 1.83. The summed E-state index contributed by atoms with van der Waals surface area (Å²) < 4.78 is 43.7. The predicted molar refractivity (Wildman–Crippen MR) is 178 cm³/mol. The van der Waals surface area contributed by atoms with Crippen LogP contribution in [0.4, 0.5) is 18.9 Å². The third-order valence-electron chi connectivity index (χ3n) is 8.53. The summed E-state index contributed by atoms with van der Waals surface area (Å²) in [5.74, 6) is -0.530. The molecule has 2 bridgehead atoms. The number of amides is 1. The van der Waals surface area contributed by atoms with Gasteiger partial charge in [-0.3, -0.25) is 23.9 Å².